The van der Waals surface area contributed by atoms with E-state index < -0.39 is 0 Å². The molecule has 1 heterocycles. The molecule has 1 atom stereocenters. The number of anilines is 2. The molecule has 0 bridgehead atoms. The van der Waals surface area contributed by atoms with Gasteiger partial charge in [0.1, 0.15) is 6.17 Å². The molecule has 4 rings (SSSR count). The molecular formula is C23H21ClN2O. The highest BCUT2D eigenvalue weighted by Gasteiger charge is 2.33. The number of para-hydroxylation sites is 1. The van der Waals surface area contributed by atoms with E-state index in [1.54, 1.807) is 4.90 Å². The predicted molar refractivity (Wildman–Crippen MR) is 112 cm³/mol. The Kier molecular flexibility index (Phi) is 4.63. The molecule has 136 valence electrons. The zero-order chi connectivity index (χ0) is 19.0. The Balaban J connectivity index is 1.81. The predicted octanol–water partition coefficient (Wildman–Crippen LogP) is 6.23. The van der Waals surface area contributed by atoms with Crippen molar-refractivity contribution in [2.45, 2.75) is 25.9 Å². The molecule has 3 aromatic carbocycles. The minimum atomic E-state index is -0.283. The van der Waals surface area contributed by atoms with Crippen molar-refractivity contribution >= 4 is 28.9 Å². The summed E-state index contributed by atoms with van der Waals surface area (Å²) in [6, 6.07) is 23.5. The van der Waals surface area contributed by atoms with Crippen LogP contribution in [-0.4, -0.2) is 5.91 Å². The van der Waals surface area contributed by atoms with Gasteiger partial charge in [0.2, 0.25) is 0 Å². The lowest BCUT2D eigenvalue weighted by atomic mass is 9.98. The summed E-state index contributed by atoms with van der Waals surface area (Å²) >= 11 is 6.05. The SMILES string of the molecule is CC(C)c1ccc([C@H]2Nc3ccccc3C(=O)N2c2ccc(Cl)cc2)cc1. The van der Waals surface area contributed by atoms with Gasteiger partial charge in [-0.25, -0.2) is 0 Å². The van der Waals surface area contributed by atoms with Crippen LogP contribution < -0.4 is 10.2 Å². The molecule has 1 aliphatic heterocycles. The number of amides is 1. The van der Waals surface area contributed by atoms with E-state index in [9.17, 15) is 4.79 Å². The van der Waals surface area contributed by atoms with Crippen LogP contribution in [0.25, 0.3) is 0 Å². The lowest BCUT2D eigenvalue weighted by Gasteiger charge is -2.38. The van der Waals surface area contributed by atoms with Gasteiger partial charge >= 0.3 is 0 Å². The van der Waals surface area contributed by atoms with E-state index in [-0.39, 0.29) is 12.1 Å². The Hall–Kier alpha value is -2.78. The number of nitrogens with zero attached hydrogens (tertiary/aromatic N) is 1. The van der Waals surface area contributed by atoms with Crippen LogP contribution in [0, 0.1) is 0 Å². The van der Waals surface area contributed by atoms with Crippen molar-refractivity contribution in [3.63, 3.8) is 0 Å². The summed E-state index contributed by atoms with van der Waals surface area (Å²) in [7, 11) is 0. The molecule has 0 spiro atoms. The summed E-state index contributed by atoms with van der Waals surface area (Å²) in [5, 5.41) is 4.18. The van der Waals surface area contributed by atoms with Crippen LogP contribution in [0.1, 0.15) is 47.4 Å². The van der Waals surface area contributed by atoms with Crippen molar-refractivity contribution in [3.8, 4) is 0 Å². The van der Waals surface area contributed by atoms with E-state index in [1.807, 2.05) is 48.5 Å². The molecule has 1 aliphatic rings. The molecule has 27 heavy (non-hydrogen) atoms. The Morgan fingerprint density at radius 2 is 1.59 bits per heavy atom. The molecule has 0 unspecified atom stereocenters. The fraction of sp³-hybridized carbons (Fsp3) is 0.174. The number of nitrogens with one attached hydrogen (secondary N) is 1. The molecule has 0 fully saturated rings. The van der Waals surface area contributed by atoms with Gasteiger partial charge in [-0.15, -0.1) is 0 Å². The van der Waals surface area contributed by atoms with Gasteiger partial charge in [-0.1, -0.05) is 61.8 Å². The molecule has 1 amide bonds. The Labute approximate surface area is 164 Å². The maximum atomic E-state index is 13.3. The van der Waals surface area contributed by atoms with Crippen LogP contribution in [0.3, 0.4) is 0 Å². The Morgan fingerprint density at radius 3 is 2.26 bits per heavy atom. The van der Waals surface area contributed by atoms with Gasteiger partial charge in [0, 0.05) is 16.4 Å². The average Bonchev–Trinajstić information content (AvgIpc) is 2.69. The summed E-state index contributed by atoms with van der Waals surface area (Å²) in [6.45, 7) is 4.35. The van der Waals surface area contributed by atoms with Crippen LogP contribution in [0.4, 0.5) is 11.4 Å². The number of carbonyl (C=O) groups is 1. The van der Waals surface area contributed by atoms with Crippen molar-refractivity contribution < 1.29 is 4.79 Å². The number of fused-ring (bicyclic) bond motifs is 1. The van der Waals surface area contributed by atoms with Crippen molar-refractivity contribution in [2.75, 3.05) is 10.2 Å². The number of benzene rings is 3. The van der Waals surface area contributed by atoms with Crippen molar-refractivity contribution in [3.05, 3.63) is 94.5 Å². The molecule has 3 aromatic rings. The van der Waals surface area contributed by atoms with Crippen molar-refractivity contribution in [2.24, 2.45) is 0 Å². The van der Waals surface area contributed by atoms with Crippen molar-refractivity contribution in [1.29, 1.82) is 0 Å². The molecule has 4 heteroatoms. The summed E-state index contributed by atoms with van der Waals surface area (Å²) in [6.07, 6.45) is -0.283. The van der Waals surface area contributed by atoms with Gasteiger partial charge in [0.25, 0.3) is 5.91 Å². The number of halogens is 1. The third kappa shape index (κ3) is 3.31. The summed E-state index contributed by atoms with van der Waals surface area (Å²) in [5.74, 6) is 0.442. The number of hydrogen-bond acceptors (Lipinski definition) is 2. The fourth-order valence-electron chi connectivity index (χ4n) is 3.42. The monoisotopic (exact) mass is 376 g/mol. The molecule has 0 saturated heterocycles. The van der Waals surface area contributed by atoms with Crippen LogP contribution in [-0.2, 0) is 0 Å². The molecule has 0 radical (unpaired) electrons. The second-order valence-electron chi connectivity index (χ2n) is 7.07. The minimum absolute atomic E-state index is 0.0235. The molecule has 0 aromatic heterocycles. The van der Waals surface area contributed by atoms with E-state index in [0.29, 0.717) is 16.5 Å². The van der Waals surface area contributed by atoms with E-state index in [2.05, 4.69) is 43.4 Å². The molecule has 0 aliphatic carbocycles. The minimum Gasteiger partial charge on any atom is -0.360 e. The first-order chi connectivity index (χ1) is 13.0. The second kappa shape index (κ2) is 7.09. The van der Waals surface area contributed by atoms with Gasteiger partial charge < -0.3 is 5.32 Å². The highest BCUT2D eigenvalue weighted by atomic mass is 35.5. The van der Waals surface area contributed by atoms with Gasteiger partial charge in [0.15, 0.2) is 0 Å². The average molecular weight is 377 g/mol. The van der Waals surface area contributed by atoms with Gasteiger partial charge in [0.05, 0.1) is 5.56 Å². The summed E-state index contributed by atoms with van der Waals surface area (Å²) in [5.41, 5.74) is 4.65. The maximum Gasteiger partial charge on any atom is 0.262 e. The number of hydrogen-bond donors (Lipinski definition) is 1. The number of rotatable bonds is 3. The second-order valence-corrected chi connectivity index (χ2v) is 7.50. The van der Waals surface area contributed by atoms with E-state index in [4.69, 9.17) is 11.6 Å². The molecular weight excluding hydrogens is 356 g/mol. The van der Waals surface area contributed by atoms with E-state index in [0.717, 1.165) is 16.9 Å². The molecule has 1 N–H and O–H groups in total. The number of carbonyl (C=O) groups excluding carboxylic acids is 1. The first-order valence-electron chi connectivity index (χ1n) is 9.09. The Bertz CT molecular complexity index is 964. The topological polar surface area (TPSA) is 32.3 Å². The normalized spacial score (nSPS) is 16.2. The van der Waals surface area contributed by atoms with Crippen LogP contribution in [0.15, 0.2) is 72.8 Å². The highest BCUT2D eigenvalue weighted by molar-refractivity contribution is 6.30. The zero-order valence-corrected chi connectivity index (χ0v) is 16.1. The fourth-order valence-corrected chi connectivity index (χ4v) is 3.54. The van der Waals surface area contributed by atoms with Gasteiger partial charge in [-0.3, -0.25) is 9.69 Å². The Morgan fingerprint density at radius 1 is 0.926 bits per heavy atom. The molecule has 3 nitrogen and oxygen atoms in total. The van der Waals surface area contributed by atoms with Crippen LogP contribution >= 0.6 is 11.6 Å². The van der Waals surface area contributed by atoms with Crippen molar-refractivity contribution in [1.82, 2.24) is 0 Å². The van der Waals surface area contributed by atoms with Crippen LogP contribution in [0.2, 0.25) is 5.02 Å². The first-order valence-corrected chi connectivity index (χ1v) is 9.47. The smallest absolute Gasteiger partial charge is 0.262 e. The quantitative estimate of drug-likeness (QED) is 0.587. The standard InChI is InChI=1S/C23H21ClN2O/c1-15(2)16-7-9-17(10-8-16)22-25-21-6-4-3-5-20(21)23(27)26(22)19-13-11-18(24)12-14-19/h3-15,22,25H,1-2H3/t22-/m0/s1. The van der Waals surface area contributed by atoms with Crippen LogP contribution in [0.5, 0.6) is 0 Å². The third-order valence-electron chi connectivity index (χ3n) is 4.95. The summed E-state index contributed by atoms with van der Waals surface area (Å²) < 4.78 is 0. The maximum absolute atomic E-state index is 13.3. The lowest BCUT2D eigenvalue weighted by molar-refractivity contribution is 0.0975. The third-order valence-corrected chi connectivity index (χ3v) is 5.20. The van der Waals surface area contributed by atoms with Gasteiger partial charge in [-0.2, -0.15) is 0 Å². The lowest BCUT2D eigenvalue weighted by Crippen LogP contribution is -2.43. The largest absolute Gasteiger partial charge is 0.360 e. The first kappa shape index (κ1) is 17.6. The molecule has 0 saturated carbocycles. The van der Waals surface area contributed by atoms with E-state index >= 15 is 0 Å². The highest BCUT2D eigenvalue weighted by Crippen LogP contribution is 2.37. The van der Waals surface area contributed by atoms with E-state index in [1.165, 1.54) is 5.56 Å². The summed E-state index contributed by atoms with van der Waals surface area (Å²) in [4.78, 5) is 15.1. The zero-order valence-electron chi connectivity index (χ0n) is 15.3. The van der Waals surface area contributed by atoms with Gasteiger partial charge in [-0.05, 0) is 53.4 Å².